The Balaban J connectivity index is 2.70. The lowest BCUT2D eigenvalue weighted by Gasteiger charge is -2.15. The topological polar surface area (TPSA) is 23.6 Å². The standard InChI is InChI=1S/C18H26N2O/c1-19(2)14-7-5-6-10-16-11-8-12-17(18(16)21)13-9-15-20(3)4/h5-7,9-10,13-15H,8,11-12H2,1-4H3/b6-5+,14-7+,15-9+,16-10+,17-13+. The highest BCUT2D eigenvalue weighted by Crippen LogP contribution is 2.24. The van der Waals surface area contributed by atoms with Crippen LogP contribution in [0.5, 0.6) is 0 Å². The summed E-state index contributed by atoms with van der Waals surface area (Å²) in [4.78, 5) is 16.3. The number of carbonyl (C=O) groups is 1. The molecule has 21 heavy (non-hydrogen) atoms. The van der Waals surface area contributed by atoms with Crippen LogP contribution in [0.3, 0.4) is 0 Å². The Morgan fingerprint density at radius 2 is 1.29 bits per heavy atom. The minimum absolute atomic E-state index is 0.186. The molecule has 0 saturated heterocycles. The maximum atomic E-state index is 12.3. The van der Waals surface area contributed by atoms with Crippen LogP contribution in [0.2, 0.25) is 0 Å². The molecule has 0 spiro atoms. The normalized spacial score (nSPS) is 20.5. The van der Waals surface area contributed by atoms with Crippen molar-refractivity contribution in [2.45, 2.75) is 19.3 Å². The van der Waals surface area contributed by atoms with Crippen molar-refractivity contribution >= 4 is 5.78 Å². The first-order valence-electron chi connectivity index (χ1n) is 7.29. The molecule has 0 heterocycles. The Morgan fingerprint density at radius 3 is 1.86 bits per heavy atom. The third kappa shape index (κ3) is 6.80. The van der Waals surface area contributed by atoms with Gasteiger partial charge in [-0.3, -0.25) is 4.79 Å². The molecular formula is C18H26N2O. The van der Waals surface area contributed by atoms with Gasteiger partial charge in [0, 0.05) is 28.2 Å². The van der Waals surface area contributed by atoms with E-state index < -0.39 is 0 Å². The molecule has 1 saturated carbocycles. The number of nitrogens with zero attached hydrogens (tertiary/aromatic N) is 2. The summed E-state index contributed by atoms with van der Waals surface area (Å²) in [5.41, 5.74) is 1.81. The van der Waals surface area contributed by atoms with E-state index in [1.807, 2.05) is 86.8 Å². The van der Waals surface area contributed by atoms with E-state index in [-0.39, 0.29) is 5.78 Å². The number of Topliss-reactive ketones (excluding diaryl/α,β-unsaturated/α-hetero) is 1. The zero-order chi connectivity index (χ0) is 15.7. The first-order chi connectivity index (χ1) is 10.0. The summed E-state index contributed by atoms with van der Waals surface area (Å²) < 4.78 is 0. The van der Waals surface area contributed by atoms with Gasteiger partial charge in [-0.05, 0) is 55.0 Å². The summed E-state index contributed by atoms with van der Waals surface area (Å²) in [5, 5.41) is 0. The molecule has 0 aromatic carbocycles. The van der Waals surface area contributed by atoms with E-state index in [1.54, 1.807) is 0 Å². The van der Waals surface area contributed by atoms with Gasteiger partial charge in [0.1, 0.15) is 0 Å². The van der Waals surface area contributed by atoms with Crippen molar-refractivity contribution in [1.82, 2.24) is 9.80 Å². The van der Waals surface area contributed by atoms with Gasteiger partial charge in [-0.1, -0.05) is 24.3 Å². The molecule has 1 aliphatic rings. The number of hydrogen-bond donors (Lipinski definition) is 0. The summed E-state index contributed by atoms with van der Waals surface area (Å²) in [6, 6.07) is 0. The van der Waals surface area contributed by atoms with E-state index in [0.29, 0.717) is 0 Å². The lowest BCUT2D eigenvalue weighted by atomic mass is 9.88. The van der Waals surface area contributed by atoms with E-state index in [9.17, 15) is 4.79 Å². The Kier molecular flexibility index (Phi) is 7.30. The van der Waals surface area contributed by atoms with Gasteiger partial charge >= 0.3 is 0 Å². The summed E-state index contributed by atoms with van der Waals surface area (Å²) in [6.45, 7) is 0. The van der Waals surface area contributed by atoms with Crippen molar-refractivity contribution < 1.29 is 4.79 Å². The van der Waals surface area contributed by atoms with E-state index in [2.05, 4.69) is 0 Å². The van der Waals surface area contributed by atoms with Gasteiger partial charge in [0.2, 0.25) is 0 Å². The number of rotatable bonds is 5. The number of hydrogen-bond acceptors (Lipinski definition) is 3. The highest BCUT2D eigenvalue weighted by Gasteiger charge is 2.18. The molecule has 1 aliphatic carbocycles. The second kappa shape index (κ2) is 9.01. The van der Waals surface area contributed by atoms with E-state index in [4.69, 9.17) is 0 Å². The Morgan fingerprint density at radius 1 is 0.762 bits per heavy atom. The van der Waals surface area contributed by atoms with Crippen LogP contribution in [0.15, 0.2) is 60.0 Å². The quantitative estimate of drug-likeness (QED) is 0.572. The smallest absolute Gasteiger partial charge is 0.184 e. The molecule has 3 nitrogen and oxygen atoms in total. The van der Waals surface area contributed by atoms with Gasteiger partial charge < -0.3 is 9.80 Å². The highest BCUT2D eigenvalue weighted by molar-refractivity contribution is 6.09. The second-order valence-corrected chi connectivity index (χ2v) is 5.56. The van der Waals surface area contributed by atoms with E-state index >= 15 is 0 Å². The molecule has 1 fully saturated rings. The maximum absolute atomic E-state index is 12.3. The molecule has 0 atom stereocenters. The zero-order valence-electron chi connectivity index (χ0n) is 13.5. The fourth-order valence-corrected chi connectivity index (χ4v) is 2.01. The summed E-state index contributed by atoms with van der Waals surface area (Å²) >= 11 is 0. The van der Waals surface area contributed by atoms with Gasteiger partial charge in [-0.2, -0.15) is 0 Å². The monoisotopic (exact) mass is 286 g/mol. The van der Waals surface area contributed by atoms with Crippen LogP contribution in [0.4, 0.5) is 0 Å². The first-order valence-corrected chi connectivity index (χ1v) is 7.29. The number of carbonyl (C=O) groups excluding carboxylic acids is 1. The van der Waals surface area contributed by atoms with E-state index in [0.717, 1.165) is 30.4 Å². The number of ketones is 1. The minimum atomic E-state index is 0.186. The fourth-order valence-electron chi connectivity index (χ4n) is 2.01. The van der Waals surface area contributed by atoms with Crippen LogP contribution in [0.25, 0.3) is 0 Å². The zero-order valence-corrected chi connectivity index (χ0v) is 13.5. The molecule has 1 rings (SSSR count). The summed E-state index contributed by atoms with van der Waals surface area (Å²) in [7, 11) is 7.89. The molecule has 0 aromatic heterocycles. The van der Waals surface area contributed by atoms with Crippen molar-refractivity contribution in [2.75, 3.05) is 28.2 Å². The highest BCUT2D eigenvalue weighted by atomic mass is 16.1. The van der Waals surface area contributed by atoms with Gasteiger partial charge in [0.15, 0.2) is 5.78 Å². The third-order valence-electron chi connectivity index (χ3n) is 3.06. The van der Waals surface area contributed by atoms with Gasteiger partial charge in [-0.25, -0.2) is 0 Å². The molecule has 3 heteroatoms. The average molecular weight is 286 g/mol. The number of allylic oxidation sites excluding steroid dienone is 8. The summed E-state index contributed by atoms with van der Waals surface area (Å²) in [5.74, 6) is 0.186. The van der Waals surface area contributed by atoms with Crippen LogP contribution in [0.1, 0.15) is 19.3 Å². The third-order valence-corrected chi connectivity index (χ3v) is 3.06. The lowest BCUT2D eigenvalue weighted by molar-refractivity contribution is -0.113. The van der Waals surface area contributed by atoms with Gasteiger partial charge in [0.25, 0.3) is 0 Å². The van der Waals surface area contributed by atoms with Crippen molar-refractivity contribution in [3.63, 3.8) is 0 Å². The van der Waals surface area contributed by atoms with Crippen LogP contribution >= 0.6 is 0 Å². The molecule has 0 unspecified atom stereocenters. The van der Waals surface area contributed by atoms with Gasteiger partial charge in [-0.15, -0.1) is 0 Å². The summed E-state index contributed by atoms with van der Waals surface area (Å²) in [6.07, 6.45) is 18.4. The van der Waals surface area contributed by atoms with Crippen molar-refractivity contribution in [1.29, 1.82) is 0 Å². The second-order valence-electron chi connectivity index (χ2n) is 5.56. The van der Waals surface area contributed by atoms with Crippen molar-refractivity contribution in [2.24, 2.45) is 0 Å². The largest absolute Gasteiger partial charge is 0.383 e. The fraction of sp³-hybridized carbons (Fsp3) is 0.389. The Hall–Kier alpha value is -2.03. The molecule has 0 amide bonds. The SMILES string of the molecule is CN(C)/C=C/C=C/C=C1\CCC/C(=C\C=C\N(C)C)C1=O. The molecule has 0 N–H and O–H groups in total. The molecular weight excluding hydrogens is 260 g/mol. The van der Waals surface area contributed by atoms with Crippen LogP contribution in [0, 0.1) is 0 Å². The molecule has 114 valence electrons. The molecule has 0 bridgehead atoms. The van der Waals surface area contributed by atoms with Crippen molar-refractivity contribution in [3.8, 4) is 0 Å². The first kappa shape index (κ1) is 17.0. The van der Waals surface area contributed by atoms with Gasteiger partial charge in [0.05, 0.1) is 0 Å². The van der Waals surface area contributed by atoms with Crippen LogP contribution in [-0.4, -0.2) is 43.8 Å². The van der Waals surface area contributed by atoms with Crippen molar-refractivity contribution in [3.05, 3.63) is 60.0 Å². The van der Waals surface area contributed by atoms with Crippen LogP contribution in [-0.2, 0) is 4.79 Å². The molecule has 0 radical (unpaired) electrons. The Labute approximate surface area is 128 Å². The molecule has 0 aromatic rings. The molecule has 0 aliphatic heterocycles. The predicted molar refractivity (Wildman–Crippen MR) is 89.8 cm³/mol. The maximum Gasteiger partial charge on any atom is 0.184 e. The Bertz CT molecular complexity index is 491. The van der Waals surface area contributed by atoms with E-state index in [1.165, 1.54) is 0 Å². The average Bonchev–Trinajstić information content (AvgIpc) is 2.41. The lowest BCUT2D eigenvalue weighted by Crippen LogP contribution is -2.12. The minimum Gasteiger partial charge on any atom is -0.383 e. The predicted octanol–water partition coefficient (Wildman–Crippen LogP) is 3.30. The van der Waals surface area contributed by atoms with Crippen LogP contribution < -0.4 is 0 Å².